The molecule has 2 atom stereocenters. The van der Waals surface area contributed by atoms with E-state index in [1.807, 2.05) is 0 Å². The average Bonchev–Trinajstić information content (AvgIpc) is 3.81. The van der Waals surface area contributed by atoms with Crippen molar-refractivity contribution in [2.75, 3.05) is 4.90 Å². The minimum absolute atomic E-state index is 0.236. The second kappa shape index (κ2) is 16.5. The Bertz CT molecular complexity index is 2780. The summed E-state index contributed by atoms with van der Waals surface area (Å²) in [4.78, 5) is 2.54. The van der Waals surface area contributed by atoms with Gasteiger partial charge in [-0.05, 0) is 118 Å². The lowest BCUT2D eigenvalue weighted by Gasteiger charge is -2.28. The van der Waals surface area contributed by atoms with Crippen LogP contribution in [0.25, 0.3) is 60.9 Å². The van der Waals surface area contributed by atoms with Crippen LogP contribution < -0.4 is 4.90 Å². The maximum Gasteiger partial charge on any atom is 0.0629 e. The van der Waals surface area contributed by atoms with Crippen molar-refractivity contribution in [1.29, 1.82) is 0 Å². The lowest BCUT2D eigenvalue weighted by molar-refractivity contribution is 0.589. The zero-order valence-corrected chi connectivity index (χ0v) is 34.1. The van der Waals surface area contributed by atoms with Gasteiger partial charge in [-0.25, -0.2) is 0 Å². The predicted octanol–water partition coefficient (Wildman–Crippen LogP) is 15.8. The minimum atomic E-state index is 0.236. The molecule has 0 saturated carbocycles. The first-order valence-corrected chi connectivity index (χ1v) is 21.9. The van der Waals surface area contributed by atoms with Crippen LogP contribution in [0.3, 0.4) is 0 Å². The van der Waals surface area contributed by atoms with Crippen molar-refractivity contribution in [1.82, 2.24) is 4.57 Å². The van der Waals surface area contributed by atoms with Crippen molar-refractivity contribution >= 4 is 33.2 Å². The van der Waals surface area contributed by atoms with Crippen LogP contribution in [0.4, 0.5) is 11.4 Å². The van der Waals surface area contributed by atoms with Crippen LogP contribution in [-0.2, 0) is 6.42 Å². The Kier molecular flexibility index (Phi) is 10.3. The van der Waals surface area contributed by atoms with E-state index in [1.165, 1.54) is 135 Å². The van der Waals surface area contributed by atoms with Gasteiger partial charge in [-0.1, -0.05) is 173 Å². The molecule has 2 heterocycles. The van der Waals surface area contributed by atoms with Gasteiger partial charge in [0, 0.05) is 33.8 Å². The van der Waals surface area contributed by atoms with E-state index in [0.717, 1.165) is 0 Å². The van der Waals surface area contributed by atoms with Crippen LogP contribution in [0, 0.1) is 0 Å². The molecule has 1 aliphatic carbocycles. The first kappa shape index (κ1) is 36.9. The number of allylic oxidation sites excluding steroid dienone is 2. The maximum atomic E-state index is 2.54. The zero-order chi connectivity index (χ0) is 39.5. The number of anilines is 2. The summed E-state index contributed by atoms with van der Waals surface area (Å²) >= 11 is 0. The van der Waals surface area contributed by atoms with Crippen molar-refractivity contribution in [3.63, 3.8) is 0 Å². The van der Waals surface area contributed by atoms with Crippen molar-refractivity contribution in [3.05, 3.63) is 199 Å². The first-order chi connectivity index (χ1) is 29.2. The van der Waals surface area contributed by atoms with Gasteiger partial charge < -0.3 is 9.47 Å². The fourth-order valence-corrected chi connectivity index (χ4v) is 9.67. The van der Waals surface area contributed by atoms with E-state index in [1.54, 1.807) is 0 Å². The molecule has 0 saturated heterocycles. The number of nitrogens with zero attached hydrogens (tertiary/aromatic N) is 2. The summed E-state index contributed by atoms with van der Waals surface area (Å²) in [6.45, 7) is 2.29. The quantitative estimate of drug-likeness (QED) is 0.106. The van der Waals surface area contributed by atoms with Gasteiger partial charge in [0.05, 0.1) is 17.1 Å². The first-order valence-electron chi connectivity index (χ1n) is 21.9. The number of benzene rings is 7. The number of fused-ring (bicyclic) bond motifs is 6. The van der Waals surface area contributed by atoms with Gasteiger partial charge in [0.15, 0.2) is 0 Å². The van der Waals surface area contributed by atoms with Crippen molar-refractivity contribution in [2.45, 2.75) is 70.3 Å². The third-order valence-corrected chi connectivity index (χ3v) is 12.8. The van der Waals surface area contributed by atoms with Crippen molar-refractivity contribution in [2.24, 2.45) is 0 Å². The van der Waals surface area contributed by atoms with Gasteiger partial charge in [0.25, 0.3) is 0 Å². The van der Waals surface area contributed by atoms with Crippen LogP contribution in [0.1, 0.15) is 68.9 Å². The number of unbranched alkanes of at least 4 members (excludes halogenated alkanes) is 6. The van der Waals surface area contributed by atoms with E-state index >= 15 is 0 Å². The molecule has 1 aromatic heterocycles. The Morgan fingerprint density at radius 1 is 0.441 bits per heavy atom. The number of aryl methyl sites for hydroxylation is 1. The summed E-state index contributed by atoms with van der Waals surface area (Å²) in [5.74, 6) is 0.289. The zero-order valence-electron chi connectivity index (χ0n) is 34.1. The number of rotatable bonds is 13. The third kappa shape index (κ3) is 7.23. The molecule has 7 aromatic carbocycles. The molecule has 10 rings (SSSR count). The molecule has 0 amide bonds. The molecule has 290 valence electrons. The van der Waals surface area contributed by atoms with Gasteiger partial charge in [-0.2, -0.15) is 0 Å². The smallest absolute Gasteiger partial charge is 0.0629 e. The molecule has 0 fully saturated rings. The van der Waals surface area contributed by atoms with Gasteiger partial charge in [0.2, 0.25) is 0 Å². The monoisotopic (exact) mass is 764 g/mol. The molecular weight excluding hydrogens is 713 g/mol. The summed E-state index contributed by atoms with van der Waals surface area (Å²) in [6.07, 6.45) is 19.8. The molecule has 8 aromatic rings. The molecule has 2 heteroatoms. The Balaban J connectivity index is 0.895. The Labute approximate surface area is 349 Å². The number of aromatic nitrogens is 1. The maximum absolute atomic E-state index is 2.54. The molecule has 0 N–H and O–H groups in total. The second-order valence-electron chi connectivity index (χ2n) is 16.5. The van der Waals surface area contributed by atoms with Gasteiger partial charge in [0.1, 0.15) is 0 Å². The van der Waals surface area contributed by atoms with Crippen LogP contribution in [0.15, 0.2) is 188 Å². The third-order valence-electron chi connectivity index (χ3n) is 12.8. The SMILES string of the molecule is CCCCCCCCCc1ccc(-c2cccc(-c3ccc(N4c5ccc(-c6ccc7c(c6)c6ccccc6n7-c6ccccc6)cc5C5C=CC=CC54)cc3)c2)cc1. The molecule has 2 aliphatic rings. The summed E-state index contributed by atoms with van der Waals surface area (Å²) in [7, 11) is 0. The molecule has 59 heavy (non-hydrogen) atoms. The average molecular weight is 765 g/mol. The van der Waals surface area contributed by atoms with Gasteiger partial charge >= 0.3 is 0 Å². The van der Waals surface area contributed by atoms with E-state index < -0.39 is 0 Å². The predicted molar refractivity (Wildman–Crippen MR) is 252 cm³/mol. The Morgan fingerprint density at radius 3 is 1.86 bits per heavy atom. The lowest BCUT2D eigenvalue weighted by Crippen LogP contribution is -2.28. The molecule has 2 nitrogen and oxygen atoms in total. The number of para-hydroxylation sites is 2. The number of hydrogen-bond acceptors (Lipinski definition) is 1. The highest BCUT2D eigenvalue weighted by molar-refractivity contribution is 6.10. The summed E-state index contributed by atoms with van der Waals surface area (Å²) < 4.78 is 2.39. The van der Waals surface area contributed by atoms with Crippen molar-refractivity contribution in [3.8, 4) is 39.1 Å². The Morgan fingerprint density at radius 2 is 1.07 bits per heavy atom. The fourth-order valence-electron chi connectivity index (χ4n) is 9.67. The second-order valence-corrected chi connectivity index (χ2v) is 16.5. The highest BCUT2D eigenvalue weighted by atomic mass is 15.2. The van der Waals surface area contributed by atoms with Crippen LogP contribution in [0.2, 0.25) is 0 Å². The standard InChI is InChI=1S/C57H52N2/c1-2-3-4-5-6-7-9-17-41-26-28-42(29-27-41)44-18-16-19-45(38-44)43-30-34-49(35-31-43)59-55-25-15-13-23-51(55)53-40-47(33-37-57(53)59)46-32-36-56-52(39-46)50-22-12-14-24-54(50)58(56)48-20-10-8-11-21-48/h8,10-16,18-40,51,55H,2-7,9,17H2,1H3. The molecule has 0 spiro atoms. The van der Waals surface area contributed by atoms with E-state index in [4.69, 9.17) is 0 Å². The van der Waals surface area contributed by atoms with E-state index in [2.05, 4.69) is 204 Å². The van der Waals surface area contributed by atoms with E-state index in [9.17, 15) is 0 Å². The molecule has 1 aliphatic heterocycles. The Hall–Kier alpha value is -6.38. The topological polar surface area (TPSA) is 8.17 Å². The van der Waals surface area contributed by atoms with Crippen LogP contribution in [0.5, 0.6) is 0 Å². The number of hydrogen-bond donors (Lipinski definition) is 0. The normalized spacial score (nSPS) is 15.6. The van der Waals surface area contributed by atoms with E-state index in [0.29, 0.717) is 0 Å². The summed E-state index contributed by atoms with van der Waals surface area (Å²) in [5.41, 5.74) is 16.5. The highest BCUT2D eigenvalue weighted by Crippen LogP contribution is 2.49. The van der Waals surface area contributed by atoms with Gasteiger partial charge in [-0.15, -0.1) is 0 Å². The van der Waals surface area contributed by atoms with E-state index in [-0.39, 0.29) is 12.0 Å². The van der Waals surface area contributed by atoms with Crippen LogP contribution in [-0.4, -0.2) is 10.6 Å². The fraction of sp³-hybridized carbons (Fsp3) is 0.193. The highest BCUT2D eigenvalue weighted by Gasteiger charge is 2.37. The van der Waals surface area contributed by atoms with Crippen LogP contribution >= 0.6 is 0 Å². The lowest BCUT2D eigenvalue weighted by atomic mass is 9.89. The molecule has 0 radical (unpaired) electrons. The largest absolute Gasteiger partial charge is 0.333 e. The summed E-state index contributed by atoms with van der Waals surface area (Å²) in [6, 6.07) is 61.3. The molecule has 2 unspecified atom stereocenters. The molecule has 0 bridgehead atoms. The summed E-state index contributed by atoms with van der Waals surface area (Å²) in [5, 5.41) is 2.55. The minimum Gasteiger partial charge on any atom is -0.333 e. The van der Waals surface area contributed by atoms with Gasteiger partial charge in [-0.3, -0.25) is 0 Å². The van der Waals surface area contributed by atoms with Crippen molar-refractivity contribution < 1.29 is 0 Å². The molecular formula is C57H52N2.